The SMILES string of the molecule is CC(C)(C)OC(=O)N1C[C@H](O)C[C@H](OC(C)(C)C)C1. The number of hydrogen-bond acceptors (Lipinski definition) is 4. The van der Waals surface area contributed by atoms with Gasteiger partial charge in [0.05, 0.1) is 30.9 Å². The van der Waals surface area contributed by atoms with Gasteiger partial charge in [-0.3, -0.25) is 0 Å². The molecule has 5 nitrogen and oxygen atoms in total. The van der Waals surface area contributed by atoms with Crippen molar-refractivity contribution in [2.75, 3.05) is 13.1 Å². The van der Waals surface area contributed by atoms with Crippen molar-refractivity contribution in [3.05, 3.63) is 0 Å². The van der Waals surface area contributed by atoms with Crippen molar-refractivity contribution in [2.24, 2.45) is 0 Å². The maximum Gasteiger partial charge on any atom is 0.410 e. The van der Waals surface area contributed by atoms with E-state index in [1.807, 2.05) is 41.5 Å². The van der Waals surface area contributed by atoms with Gasteiger partial charge in [0, 0.05) is 6.42 Å². The lowest BCUT2D eigenvalue weighted by atomic mass is 10.0. The zero-order chi connectivity index (χ0) is 14.8. The highest BCUT2D eigenvalue weighted by atomic mass is 16.6. The second-order valence-electron chi connectivity index (χ2n) is 7.13. The number of hydrogen-bond donors (Lipinski definition) is 1. The first-order chi connectivity index (χ1) is 8.46. The molecule has 2 atom stereocenters. The number of carbonyl (C=O) groups excluding carboxylic acids is 1. The summed E-state index contributed by atoms with van der Waals surface area (Å²) in [6.07, 6.45) is -0.560. The molecule has 1 N–H and O–H groups in total. The lowest BCUT2D eigenvalue weighted by Gasteiger charge is -2.38. The molecule has 0 aromatic carbocycles. The van der Waals surface area contributed by atoms with Gasteiger partial charge in [-0.25, -0.2) is 4.79 Å². The van der Waals surface area contributed by atoms with E-state index in [1.54, 1.807) is 0 Å². The van der Waals surface area contributed by atoms with Gasteiger partial charge in [-0.2, -0.15) is 0 Å². The number of piperidine rings is 1. The minimum absolute atomic E-state index is 0.156. The molecule has 5 heteroatoms. The topological polar surface area (TPSA) is 59.0 Å². The van der Waals surface area contributed by atoms with E-state index in [2.05, 4.69) is 0 Å². The van der Waals surface area contributed by atoms with Crippen LogP contribution in [0.3, 0.4) is 0 Å². The number of carbonyl (C=O) groups is 1. The van der Waals surface area contributed by atoms with E-state index < -0.39 is 17.8 Å². The fourth-order valence-electron chi connectivity index (χ4n) is 2.09. The Morgan fingerprint density at radius 1 is 1.11 bits per heavy atom. The molecule has 0 radical (unpaired) electrons. The molecule has 1 rings (SSSR count). The van der Waals surface area contributed by atoms with Gasteiger partial charge in [0.2, 0.25) is 0 Å². The molecule has 1 fully saturated rings. The van der Waals surface area contributed by atoms with Crippen LogP contribution >= 0.6 is 0 Å². The van der Waals surface area contributed by atoms with Crippen molar-refractivity contribution in [1.82, 2.24) is 4.90 Å². The maximum absolute atomic E-state index is 12.0. The van der Waals surface area contributed by atoms with Crippen LogP contribution in [0, 0.1) is 0 Å². The standard InChI is InChI=1S/C14H27NO4/c1-13(2,3)18-11-7-10(16)8-15(9-11)12(17)19-14(4,5)6/h10-11,16H,7-9H2,1-6H3/t10-,11+/m1/s1. The van der Waals surface area contributed by atoms with Gasteiger partial charge in [-0.05, 0) is 41.5 Å². The molecule has 0 aromatic heterocycles. The quantitative estimate of drug-likeness (QED) is 0.795. The predicted molar refractivity (Wildman–Crippen MR) is 73.1 cm³/mol. The minimum atomic E-state index is -0.561. The van der Waals surface area contributed by atoms with Crippen molar-refractivity contribution >= 4 is 6.09 Å². The van der Waals surface area contributed by atoms with Crippen LogP contribution in [-0.4, -0.2) is 52.6 Å². The average Bonchev–Trinajstić information content (AvgIpc) is 2.10. The first-order valence-corrected chi connectivity index (χ1v) is 6.80. The molecular weight excluding hydrogens is 246 g/mol. The van der Waals surface area contributed by atoms with Gasteiger partial charge in [0.15, 0.2) is 0 Å². The zero-order valence-corrected chi connectivity index (χ0v) is 12.9. The Morgan fingerprint density at radius 2 is 1.68 bits per heavy atom. The lowest BCUT2D eigenvalue weighted by molar-refractivity contribution is -0.109. The van der Waals surface area contributed by atoms with Gasteiger partial charge >= 0.3 is 6.09 Å². The number of rotatable bonds is 1. The highest BCUT2D eigenvalue weighted by Gasteiger charge is 2.33. The maximum atomic E-state index is 12.0. The van der Waals surface area contributed by atoms with E-state index in [9.17, 15) is 9.90 Å². The van der Waals surface area contributed by atoms with Crippen LogP contribution < -0.4 is 0 Å². The molecule has 1 aliphatic rings. The average molecular weight is 273 g/mol. The predicted octanol–water partition coefficient (Wildman–Crippen LogP) is 2.17. The molecule has 1 aliphatic heterocycles. The number of aliphatic hydroxyl groups is 1. The van der Waals surface area contributed by atoms with E-state index >= 15 is 0 Å². The Kier molecular flexibility index (Phi) is 4.85. The van der Waals surface area contributed by atoms with Crippen LogP contribution in [0.4, 0.5) is 4.79 Å². The molecule has 1 amide bonds. The fraction of sp³-hybridized carbons (Fsp3) is 0.929. The molecular formula is C14H27NO4. The number of likely N-dealkylation sites (tertiary alicyclic amines) is 1. The molecule has 0 bridgehead atoms. The summed E-state index contributed by atoms with van der Waals surface area (Å²) < 4.78 is 11.2. The summed E-state index contributed by atoms with van der Waals surface area (Å²) in [4.78, 5) is 13.5. The zero-order valence-electron chi connectivity index (χ0n) is 12.9. The van der Waals surface area contributed by atoms with E-state index in [0.29, 0.717) is 19.5 Å². The van der Waals surface area contributed by atoms with Crippen LogP contribution in [0.15, 0.2) is 0 Å². The van der Waals surface area contributed by atoms with Gasteiger partial charge in [0.1, 0.15) is 5.60 Å². The Bertz CT molecular complexity index is 316. The number of ether oxygens (including phenoxy) is 2. The van der Waals surface area contributed by atoms with Crippen LogP contribution in [0.5, 0.6) is 0 Å². The molecule has 0 unspecified atom stereocenters. The van der Waals surface area contributed by atoms with E-state index in [-0.39, 0.29) is 11.7 Å². The molecule has 1 heterocycles. The summed E-state index contributed by atoms with van der Waals surface area (Å²) >= 11 is 0. The first kappa shape index (κ1) is 16.2. The van der Waals surface area contributed by atoms with Gasteiger partial charge in [-0.15, -0.1) is 0 Å². The van der Waals surface area contributed by atoms with Crippen molar-refractivity contribution in [2.45, 2.75) is 71.4 Å². The molecule has 0 aromatic rings. The Hall–Kier alpha value is -0.810. The number of nitrogens with zero attached hydrogens (tertiary/aromatic N) is 1. The Morgan fingerprint density at radius 3 is 2.16 bits per heavy atom. The third-order valence-electron chi connectivity index (χ3n) is 2.56. The van der Waals surface area contributed by atoms with E-state index in [1.165, 1.54) is 4.90 Å². The number of aliphatic hydroxyl groups excluding tert-OH is 1. The smallest absolute Gasteiger partial charge is 0.410 e. The summed E-state index contributed by atoms with van der Waals surface area (Å²) in [5, 5.41) is 9.86. The molecule has 112 valence electrons. The van der Waals surface area contributed by atoms with E-state index in [0.717, 1.165) is 0 Å². The van der Waals surface area contributed by atoms with Gasteiger partial charge < -0.3 is 19.5 Å². The summed E-state index contributed by atoms with van der Waals surface area (Å²) in [5.74, 6) is 0. The minimum Gasteiger partial charge on any atom is -0.444 e. The van der Waals surface area contributed by atoms with E-state index in [4.69, 9.17) is 9.47 Å². The van der Waals surface area contributed by atoms with Gasteiger partial charge in [-0.1, -0.05) is 0 Å². The summed E-state index contributed by atoms with van der Waals surface area (Å²) in [6, 6.07) is 0. The molecule has 19 heavy (non-hydrogen) atoms. The molecule has 1 saturated heterocycles. The normalized spacial score (nSPS) is 25.3. The molecule has 0 aliphatic carbocycles. The summed E-state index contributed by atoms with van der Waals surface area (Å²) in [6.45, 7) is 12.1. The van der Waals surface area contributed by atoms with Crippen molar-refractivity contribution in [1.29, 1.82) is 0 Å². The second kappa shape index (κ2) is 5.67. The first-order valence-electron chi connectivity index (χ1n) is 6.80. The van der Waals surface area contributed by atoms with Crippen molar-refractivity contribution in [3.63, 3.8) is 0 Å². The number of β-amino-alcohol motifs (C(OH)–C–C–N with tert-alkyl or cyclic N) is 1. The van der Waals surface area contributed by atoms with Crippen LogP contribution in [-0.2, 0) is 9.47 Å². The highest BCUT2D eigenvalue weighted by molar-refractivity contribution is 5.68. The largest absolute Gasteiger partial charge is 0.444 e. The Balaban J connectivity index is 2.62. The number of amides is 1. The molecule has 0 spiro atoms. The molecule has 0 saturated carbocycles. The second-order valence-corrected chi connectivity index (χ2v) is 7.13. The third kappa shape index (κ3) is 6.25. The lowest BCUT2D eigenvalue weighted by Crippen LogP contribution is -2.51. The van der Waals surface area contributed by atoms with Crippen LogP contribution in [0.1, 0.15) is 48.0 Å². The van der Waals surface area contributed by atoms with Crippen LogP contribution in [0.25, 0.3) is 0 Å². The monoisotopic (exact) mass is 273 g/mol. The fourth-order valence-corrected chi connectivity index (χ4v) is 2.09. The van der Waals surface area contributed by atoms with Crippen molar-refractivity contribution < 1.29 is 19.4 Å². The van der Waals surface area contributed by atoms with Crippen LogP contribution in [0.2, 0.25) is 0 Å². The van der Waals surface area contributed by atoms with Crippen molar-refractivity contribution in [3.8, 4) is 0 Å². The summed E-state index contributed by atoms with van der Waals surface area (Å²) in [7, 11) is 0. The third-order valence-corrected chi connectivity index (χ3v) is 2.56. The summed E-state index contributed by atoms with van der Waals surface area (Å²) in [5.41, 5.74) is -0.818. The van der Waals surface area contributed by atoms with Gasteiger partial charge in [0.25, 0.3) is 0 Å². The Labute approximate surface area is 115 Å². The highest BCUT2D eigenvalue weighted by Crippen LogP contribution is 2.21.